The van der Waals surface area contributed by atoms with Crippen molar-refractivity contribution in [3.63, 3.8) is 0 Å². The predicted octanol–water partition coefficient (Wildman–Crippen LogP) is 1.57. The molecular weight excluding hydrogens is 252 g/mol. The third-order valence-corrected chi connectivity index (χ3v) is 4.79. The van der Waals surface area contributed by atoms with Crippen molar-refractivity contribution in [2.75, 3.05) is 0 Å². The number of nitrogens with one attached hydrogen (secondary N) is 1. The third kappa shape index (κ3) is 2.80. The van der Waals surface area contributed by atoms with Gasteiger partial charge in [-0.2, -0.15) is 0 Å². The number of rotatable bonds is 4. The molecule has 20 heavy (non-hydrogen) atoms. The number of hydrogen-bond acceptors (Lipinski definition) is 3. The summed E-state index contributed by atoms with van der Waals surface area (Å²) in [5, 5.41) is 12.4. The van der Waals surface area contributed by atoms with Gasteiger partial charge in [0.2, 0.25) is 5.91 Å². The highest BCUT2D eigenvalue weighted by atomic mass is 16.3. The number of aromatic hydroxyl groups is 1. The van der Waals surface area contributed by atoms with Crippen LogP contribution in [0.15, 0.2) is 24.3 Å². The fourth-order valence-corrected chi connectivity index (χ4v) is 3.69. The molecule has 4 atom stereocenters. The molecule has 4 heteroatoms. The molecular formula is C16H22N2O2. The van der Waals surface area contributed by atoms with Crippen LogP contribution in [0.4, 0.5) is 0 Å². The maximum Gasteiger partial charge on any atom is 0.237 e. The van der Waals surface area contributed by atoms with Crippen molar-refractivity contribution >= 4 is 5.91 Å². The Hall–Kier alpha value is -1.55. The van der Waals surface area contributed by atoms with Crippen LogP contribution in [0.2, 0.25) is 0 Å². The van der Waals surface area contributed by atoms with Crippen LogP contribution in [0.3, 0.4) is 0 Å². The van der Waals surface area contributed by atoms with E-state index in [2.05, 4.69) is 5.32 Å². The fourth-order valence-electron chi connectivity index (χ4n) is 3.69. The quantitative estimate of drug-likeness (QED) is 0.780. The van der Waals surface area contributed by atoms with Gasteiger partial charge in [0.05, 0.1) is 6.04 Å². The summed E-state index contributed by atoms with van der Waals surface area (Å²) in [4.78, 5) is 12.2. The molecule has 0 heterocycles. The van der Waals surface area contributed by atoms with Crippen molar-refractivity contribution in [2.24, 2.45) is 17.6 Å². The number of amides is 1. The summed E-state index contributed by atoms with van der Waals surface area (Å²) < 4.78 is 0. The number of hydrogen-bond donors (Lipinski definition) is 3. The van der Waals surface area contributed by atoms with Crippen molar-refractivity contribution in [3.05, 3.63) is 29.8 Å². The van der Waals surface area contributed by atoms with Crippen LogP contribution in [0.1, 0.15) is 31.2 Å². The van der Waals surface area contributed by atoms with Gasteiger partial charge in [-0.15, -0.1) is 0 Å². The second-order valence-corrected chi connectivity index (χ2v) is 6.27. The minimum atomic E-state index is -0.515. The van der Waals surface area contributed by atoms with Gasteiger partial charge in [0.1, 0.15) is 5.75 Å². The Bertz CT molecular complexity index is 486. The van der Waals surface area contributed by atoms with E-state index in [0.717, 1.165) is 17.9 Å². The molecule has 1 aromatic rings. The standard InChI is InChI=1S/C16H22N2O2/c17-14(8-10-2-5-13(19)6-3-10)16(20)18-15-9-11-1-4-12(15)7-11/h2-3,5-6,11-12,14-15,19H,1,4,7-9,17H2,(H,18,20). The van der Waals surface area contributed by atoms with E-state index in [-0.39, 0.29) is 11.7 Å². The molecule has 1 amide bonds. The van der Waals surface area contributed by atoms with Crippen LogP contribution in [-0.2, 0) is 11.2 Å². The summed E-state index contributed by atoms with van der Waals surface area (Å²) in [6, 6.07) is 6.68. The summed E-state index contributed by atoms with van der Waals surface area (Å²) in [5.74, 6) is 1.67. The Morgan fingerprint density at radius 3 is 2.65 bits per heavy atom. The van der Waals surface area contributed by atoms with Gasteiger partial charge in [0.15, 0.2) is 0 Å². The van der Waals surface area contributed by atoms with E-state index in [1.165, 1.54) is 19.3 Å². The minimum Gasteiger partial charge on any atom is -0.508 e. The molecule has 0 saturated heterocycles. The zero-order valence-corrected chi connectivity index (χ0v) is 11.6. The molecule has 4 N–H and O–H groups in total. The van der Waals surface area contributed by atoms with Gasteiger partial charge in [-0.1, -0.05) is 18.6 Å². The van der Waals surface area contributed by atoms with Crippen LogP contribution in [-0.4, -0.2) is 23.1 Å². The number of fused-ring (bicyclic) bond motifs is 2. The van der Waals surface area contributed by atoms with Crippen molar-refractivity contribution in [1.82, 2.24) is 5.32 Å². The van der Waals surface area contributed by atoms with Gasteiger partial charge in [-0.25, -0.2) is 0 Å². The van der Waals surface area contributed by atoms with Gasteiger partial charge < -0.3 is 16.2 Å². The lowest BCUT2D eigenvalue weighted by Gasteiger charge is -2.24. The number of phenolic OH excluding ortho intramolecular Hbond substituents is 1. The lowest BCUT2D eigenvalue weighted by molar-refractivity contribution is -0.123. The highest BCUT2D eigenvalue weighted by Gasteiger charge is 2.40. The highest BCUT2D eigenvalue weighted by molar-refractivity contribution is 5.82. The Morgan fingerprint density at radius 2 is 2.05 bits per heavy atom. The molecule has 0 aliphatic heterocycles. The summed E-state index contributed by atoms with van der Waals surface area (Å²) in [6.45, 7) is 0. The van der Waals surface area contributed by atoms with Gasteiger partial charge in [-0.05, 0) is 55.2 Å². The van der Waals surface area contributed by atoms with E-state index < -0.39 is 6.04 Å². The summed E-state index contributed by atoms with van der Waals surface area (Å²) in [7, 11) is 0. The first-order valence-electron chi connectivity index (χ1n) is 7.45. The van der Waals surface area contributed by atoms with E-state index in [1.54, 1.807) is 24.3 Å². The average Bonchev–Trinajstić information content (AvgIpc) is 3.03. The van der Waals surface area contributed by atoms with Crippen LogP contribution < -0.4 is 11.1 Å². The fraction of sp³-hybridized carbons (Fsp3) is 0.562. The molecule has 4 unspecified atom stereocenters. The molecule has 0 spiro atoms. The Labute approximate surface area is 119 Å². The van der Waals surface area contributed by atoms with E-state index in [4.69, 9.17) is 5.73 Å². The van der Waals surface area contributed by atoms with Crippen molar-refractivity contribution < 1.29 is 9.90 Å². The molecule has 2 saturated carbocycles. The molecule has 108 valence electrons. The van der Waals surface area contributed by atoms with Crippen LogP contribution >= 0.6 is 0 Å². The van der Waals surface area contributed by atoms with E-state index in [0.29, 0.717) is 18.4 Å². The zero-order chi connectivity index (χ0) is 14.1. The van der Waals surface area contributed by atoms with E-state index in [1.807, 2.05) is 0 Å². The largest absolute Gasteiger partial charge is 0.508 e. The molecule has 0 radical (unpaired) electrons. The van der Waals surface area contributed by atoms with Gasteiger partial charge in [-0.3, -0.25) is 4.79 Å². The first kappa shape index (κ1) is 13.4. The summed E-state index contributed by atoms with van der Waals surface area (Å²) >= 11 is 0. The number of phenols is 1. The highest BCUT2D eigenvalue weighted by Crippen LogP contribution is 2.44. The van der Waals surface area contributed by atoms with E-state index >= 15 is 0 Å². The van der Waals surface area contributed by atoms with Crippen molar-refractivity contribution in [2.45, 2.75) is 44.2 Å². The second-order valence-electron chi connectivity index (χ2n) is 6.27. The SMILES string of the molecule is NC(Cc1ccc(O)cc1)C(=O)NC1CC2CCC1C2. The Kier molecular flexibility index (Phi) is 3.66. The Morgan fingerprint density at radius 1 is 1.30 bits per heavy atom. The van der Waals surface area contributed by atoms with Crippen LogP contribution in [0.25, 0.3) is 0 Å². The number of carbonyl (C=O) groups excluding carboxylic acids is 1. The van der Waals surface area contributed by atoms with Crippen LogP contribution in [0, 0.1) is 11.8 Å². The molecule has 2 aliphatic carbocycles. The topological polar surface area (TPSA) is 75.3 Å². The molecule has 2 bridgehead atoms. The maximum absolute atomic E-state index is 12.2. The Balaban J connectivity index is 1.53. The summed E-state index contributed by atoms with van der Waals surface area (Å²) in [6.07, 6.45) is 5.49. The average molecular weight is 274 g/mol. The predicted molar refractivity (Wildman–Crippen MR) is 77.2 cm³/mol. The summed E-state index contributed by atoms with van der Waals surface area (Å²) in [5.41, 5.74) is 6.96. The van der Waals surface area contributed by atoms with E-state index in [9.17, 15) is 9.90 Å². The van der Waals surface area contributed by atoms with Crippen molar-refractivity contribution in [3.8, 4) is 5.75 Å². The number of benzene rings is 1. The zero-order valence-electron chi connectivity index (χ0n) is 11.6. The van der Waals surface area contributed by atoms with Gasteiger partial charge in [0.25, 0.3) is 0 Å². The van der Waals surface area contributed by atoms with Crippen molar-refractivity contribution in [1.29, 1.82) is 0 Å². The molecule has 2 fully saturated rings. The smallest absolute Gasteiger partial charge is 0.237 e. The molecule has 0 aromatic heterocycles. The lowest BCUT2D eigenvalue weighted by atomic mass is 9.95. The molecule has 1 aromatic carbocycles. The molecule has 4 nitrogen and oxygen atoms in total. The number of nitrogens with two attached hydrogens (primary N) is 1. The van der Waals surface area contributed by atoms with Crippen LogP contribution in [0.5, 0.6) is 5.75 Å². The molecule has 3 rings (SSSR count). The first-order valence-corrected chi connectivity index (χ1v) is 7.45. The third-order valence-electron chi connectivity index (χ3n) is 4.79. The first-order chi connectivity index (χ1) is 9.61. The second kappa shape index (κ2) is 5.44. The minimum absolute atomic E-state index is 0.0457. The lowest BCUT2D eigenvalue weighted by Crippen LogP contribution is -2.48. The normalized spacial score (nSPS) is 29.4. The van der Waals surface area contributed by atoms with Gasteiger partial charge in [0, 0.05) is 6.04 Å². The maximum atomic E-state index is 12.2. The van der Waals surface area contributed by atoms with Gasteiger partial charge >= 0.3 is 0 Å². The number of carbonyl (C=O) groups is 1. The monoisotopic (exact) mass is 274 g/mol. The molecule has 2 aliphatic rings.